The molecule has 1 aromatic heterocycles. The van der Waals surface area contributed by atoms with Crippen LogP contribution in [0.2, 0.25) is 0 Å². The van der Waals surface area contributed by atoms with Gasteiger partial charge in [-0.25, -0.2) is 0 Å². The van der Waals surface area contributed by atoms with Gasteiger partial charge in [0.15, 0.2) is 0 Å². The molecule has 0 unspecified atom stereocenters. The Bertz CT molecular complexity index is 462. The molecule has 0 saturated carbocycles. The number of nitrogens with two attached hydrogens (primary N) is 1. The van der Waals surface area contributed by atoms with Gasteiger partial charge in [-0.15, -0.1) is 0 Å². The van der Waals surface area contributed by atoms with Crippen molar-refractivity contribution in [2.24, 2.45) is 5.73 Å². The maximum absolute atomic E-state index is 5.57. The molecule has 1 heterocycles. The fourth-order valence-corrected chi connectivity index (χ4v) is 1.53. The Labute approximate surface area is 93.5 Å². The zero-order valence-corrected chi connectivity index (χ0v) is 8.95. The largest absolute Gasteiger partial charge is 0.389 e. The first-order chi connectivity index (χ1) is 7.25. The normalized spacial score (nSPS) is 10.1. The van der Waals surface area contributed by atoms with Crippen molar-refractivity contribution in [2.45, 2.75) is 6.54 Å². The fourth-order valence-electron chi connectivity index (χ4n) is 1.40. The van der Waals surface area contributed by atoms with E-state index in [1.807, 2.05) is 41.2 Å². The Kier molecular flexibility index (Phi) is 2.78. The summed E-state index contributed by atoms with van der Waals surface area (Å²) in [6, 6.07) is 9.78. The van der Waals surface area contributed by atoms with E-state index in [4.69, 9.17) is 18.0 Å². The molecule has 0 atom stereocenters. The third kappa shape index (κ3) is 2.41. The van der Waals surface area contributed by atoms with Crippen molar-refractivity contribution in [3.63, 3.8) is 0 Å². The maximum atomic E-state index is 5.57. The van der Waals surface area contributed by atoms with Gasteiger partial charge >= 0.3 is 0 Å². The van der Waals surface area contributed by atoms with E-state index in [9.17, 15) is 0 Å². The van der Waals surface area contributed by atoms with Crippen LogP contribution in [0.25, 0.3) is 0 Å². The summed E-state index contributed by atoms with van der Waals surface area (Å²) in [6.07, 6.45) is 3.69. The molecule has 0 radical (unpaired) electrons. The molecule has 2 aromatic rings. The van der Waals surface area contributed by atoms with E-state index in [0.29, 0.717) is 4.99 Å². The summed E-state index contributed by atoms with van der Waals surface area (Å²) in [5, 5.41) is 4.14. The van der Waals surface area contributed by atoms with Gasteiger partial charge in [-0.05, 0) is 17.7 Å². The third-order valence-electron chi connectivity index (χ3n) is 2.12. The van der Waals surface area contributed by atoms with Crippen LogP contribution in [0, 0.1) is 0 Å². The summed E-state index contributed by atoms with van der Waals surface area (Å²) in [6.45, 7) is 0.740. The van der Waals surface area contributed by atoms with Gasteiger partial charge < -0.3 is 5.73 Å². The molecule has 2 rings (SSSR count). The number of hydrogen-bond donors (Lipinski definition) is 1. The smallest absolute Gasteiger partial charge is 0.103 e. The zero-order chi connectivity index (χ0) is 10.7. The Morgan fingerprint density at radius 2 is 2.27 bits per heavy atom. The van der Waals surface area contributed by atoms with Crippen LogP contribution in [0.15, 0.2) is 42.7 Å². The molecular weight excluding hydrogens is 206 g/mol. The molecule has 0 amide bonds. The van der Waals surface area contributed by atoms with Gasteiger partial charge in [0.25, 0.3) is 0 Å². The molecule has 0 bridgehead atoms. The monoisotopic (exact) mass is 217 g/mol. The van der Waals surface area contributed by atoms with E-state index in [1.54, 1.807) is 6.20 Å². The van der Waals surface area contributed by atoms with Gasteiger partial charge in [0.2, 0.25) is 0 Å². The molecule has 76 valence electrons. The number of nitrogens with zero attached hydrogens (tertiary/aromatic N) is 2. The van der Waals surface area contributed by atoms with E-state index in [2.05, 4.69) is 5.10 Å². The third-order valence-corrected chi connectivity index (χ3v) is 2.35. The van der Waals surface area contributed by atoms with Crippen molar-refractivity contribution in [2.75, 3.05) is 0 Å². The van der Waals surface area contributed by atoms with Crippen LogP contribution in [0.3, 0.4) is 0 Å². The van der Waals surface area contributed by atoms with Gasteiger partial charge in [0, 0.05) is 18.0 Å². The van der Waals surface area contributed by atoms with Crippen LogP contribution in [0.1, 0.15) is 11.1 Å². The molecule has 3 nitrogen and oxygen atoms in total. The van der Waals surface area contributed by atoms with E-state index < -0.39 is 0 Å². The summed E-state index contributed by atoms with van der Waals surface area (Å²) >= 11 is 4.92. The van der Waals surface area contributed by atoms with E-state index >= 15 is 0 Å². The number of thiocarbonyl (C=S) groups is 1. The van der Waals surface area contributed by atoms with Gasteiger partial charge in [-0.3, -0.25) is 4.68 Å². The van der Waals surface area contributed by atoms with Gasteiger partial charge in [0.1, 0.15) is 4.99 Å². The number of rotatable bonds is 3. The van der Waals surface area contributed by atoms with Crippen molar-refractivity contribution in [1.29, 1.82) is 0 Å². The predicted molar refractivity (Wildman–Crippen MR) is 63.7 cm³/mol. The van der Waals surface area contributed by atoms with Gasteiger partial charge in [0.05, 0.1) is 6.54 Å². The number of benzene rings is 1. The Morgan fingerprint density at radius 3 is 2.93 bits per heavy atom. The topological polar surface area (TPSA) is 43.8 Å². The molecule has 0 aliphatic carbocycles. The second-order valence-corrected chi connectivity index (χ2v) is 3.71. The van der Waals surface area contributed by atoms with Crippen LogP contribution in [-0.2, 0) is 6.54 Å². The molecule has 15 heavy (non-hydrogen) atoms. The van der Waals surface area contributed by atoms with Crippen LogP contribution < -0.4 is 5.73 Å². The zero-order valence-electron chi connectivity index (χ0n) is 8.13. The minimum atomic E-state index is 0.428. The summed E-state index contributed by atoms with van der Waals surface area (Å²) in [5.74, 6) is 0. The molecule has 0 aliphatic rings. The second kappa shape index (κ2) is 4.23. The molecule has 2 N–H and O–H groups in total. The first-order valence-corrected chi connectivity index (χ1v) is 5.03. The average molecular weight is 217 g/mol. The van der Waals surface area contributed by atoms with E-state index in [0.717, 1.165) is 17.7 Å². The minimum Gasteiger partial charge on any atom is -0.389 e. The highest BCUT2D eigenvalue weighted by atomic mass is 32.1. The lowest BCUT2D eigenvalue weighted by molar-refractivity contribution is 0.687. The SMILES string of the molecule is NC(=S)c1cccc(Cn2cccn2)c1. The van der Waals surface area contributed by atoms with Crippen LogP contribution >= 0.6 is 12.2 Å². The fraction of sp³-hybridized carbons (Fsp3) is 0.0909. The summed E-state index contributed by atoms with van der Waals surface area (Å²) in [4.78, 5) is 0.428. The Balaban J connectivity index is 2.22. The van der Waals surface area contributed by atoms with Crippen molar-refractivity contribution in [3.05, 3.63) is 53.9 Å². The quantitative estimate of drug-likeness (QED) is 0.794. The molecule has 0 spiro atoms. The number of hydrogen-bond acceptors (Lipinski definition) is 2. The van der Waals surface area contributed by atoms with Crippen LogP contribution in [0.5, 0.6) is 0 Å². The Morgan fingerprint density at radius 1 is 1.40 bits per heavy atom. The summed E-state index contributed by atoms with van der Waals surface area (Å²) in [7, 11) is 0. The van der Waals surface area contributed by atoms with Crippen molar-refractivity contribution in [3.8, 4) is 0 Å². The van der Waals surface area contributed by atoms with Gasteiger partial charge in [-0.2, -0.15) is 5.10 Å². The average Bonchev–Trinajstić information content (AvgIpc) is 2.71. The molecular formula is C11H11N3S. The van der Waals surface area contributed by atoms with Crippen LogP contribution in [-0.4, -0.2) is 14.8 Å². The molecule has 0 saturated heterocycles. The van der Waals surface area contributed by atoms with Crippen LogP contribution in [0.4, 0.5) is 0 Å². The van der Waals surface area contributed by atoms with Crippen molar-refractivity contribution in [1.82, 2.24) is 9.78 Å². The highest BCUT2D eigenvalue weighted by molar-refractivity contribution is 7.80. The molecule has 0 fully saturated rings. The number of aromatic nitrogens is 2. The maximum Gasteiger partial charge on any atom is 0.103 e. The lowest BCUT2D eigenvalue weighted by atomic mass is 10.1. The lowest BCUT2D eigenvalue weighted by Gasteiger charge is -2.04. The van der Waals surface area contributed by atoms with Crippen molar-refractivity contribution >= 4 is 17.2 Å². The van der Waals surface area contributed by atoms with Gasteiger partial charge in [-0.1, -0.05) is 30.4 Å². The molecule has 1 aromatic carbocycles. The predicted octanol–water partition coefficient (Wildman–Crippen LogP) is 1.57. The highest BCUT2D eigenvalue weighted by Gasteiger charge is 1.99. The lowest BCUT2D eigenvalue weighted by Crippen LogP contribution is -2.10. The molecule has 4 heteroatoms. The Hall–Kier alpha value is -1.68. The molecule has 0 aliphatic heterocycles. The van der Waals surface area contributed by atoms with Crippen molar-refractivity contribution < 1.29 is 0 Å². The second-order valence-electron chi connectivity index (χ2n) is 3.27. The standard InChI is InChI=1S/C11H11N3S/c12-11(15)10-4-1-3-9(7-10)8-14-6-2-5-13-14/h1-7H,8H2,(H2,12,15). The first kappa shape index (κ1) is 9.86. The highest BCUT2D eigenvalue weighted by Crippen LogP contribution is 2.06. The van der Waals surface area contributed by atoms with E-state index in [1.165, 1.54) is 0 Å². The minimum absolute atomic E-state index is 0.428. The summed E-state index contributed by atoms with van der Waals surface area (Å²) in [5.41, 5.74) is 7.61. The summed E-state index contributed by atoms with van der Waals surface area (Å²) < 4.78 is 1.86. The first-order valence-electron chi connectivity index (χ1n) is 4.62. The van der Waals surface area contributed by atoms with E-state index in [-0.39, 0.29) is 0 Å².